The Morgan fingerprint density at radius 1 is 0.621 bits per heavy atom. The SMILES string of the molecule is Cc1cccc(N=Nc2ccc(N=Nc3c(O)ccc4ccccc34)cc2O)c1. The molecule has 6 heteroatoms. The van der Waals surface area contributed by atoms with E-state index in [1.807, 2.05) is 61.5 Å². The van der Waals surface area contributed by atoms with Crippen molar-refractivity contribution in [2.24, 2.45) is 20.5 Å². The van der Waals surface area contributed by atoms with E-state index < -0.39 is 0 Å². The Labute approximate surface area is 167 Å². The molecule has 0 unspecified atom stereocenters. The van der Waals surface area contributed by atoms with Gasteiger partial charge in [-0.15, -0.1) is 10.2 Å². The van der Waals surface area contributed by atoms with Crippen molar-refractivity contribution in [2.75, 3.05) is 0 Å². The van der Waals surface area contributed by atoms with Crippen LogP contribution in [0, 0.1) is 6.92 Å². The van der Waals surface area contributed by atoms with Gasteiger partial charge in [0.15, 0.2) is 0 Å². The normalized spacial score (nSPS) is 11.6. The van der Waals surface area contributed by atoms with Gasteiger partial charge in [0.1, 0.15) is 22.9 Å². The van der Waals surface area contributed by atoms with Crippen molar-refractivity contribution in [3.63, 3.8) is 0 Å². The minimum atomic E-state index is -0.0556. The molecule has 0 aliphatic heterocycles. The number of aryl methyl sites for hydroxylation is 1. The van der Waals surface area contributed by atoms with E-state index in [-0.39, 0.29) is 11.5 Å². The quantitative estimate of drug-likeness (QED) is 0.360. The summed E-state index contributed by atoms with van der Waals surface area (Å²) in [6, 6.07) is 23.4. The third-order valence-electron chi connectivity index (χ3n) is 4.38. The molecule has 0 spiro atoms. The van der Waals surface area contributed by atoms with E-state index in [4.69, 9.17) is 0 Å². The fraction of sp³-hybridized carbons (Fsp3) is 0.0435. The largest absolute Gasteiger partial charge is 0.506 e. The van der Waals surface area contributed by atoms with E-state index in [0.29, 0.717) is 22.7 Å². The van der Waals surface area contributed by atoms with Crippen LogP contribution in [0.2, 0.25) is 0 Å². The molecule has 0 radical (unpaired) electrons. The van der Waals surface area contributed by atoms with Crippen LogP contribution in [0.15, 0.2) is 99.3 Å². The van der Waals surface area contributed by atoms with Crippen LogP contribution in [0.3, 0.4) is 0 Å². The van der Waals surface area contributed by atoms with Crippen LogP contribution in [0.5, 0.6) is 11.5 Å². The van der Waals surface area contributed by atoms with Crippen LogP contribution in [-0.2, 0) is 0 Å². The van der Waals surface area contributed by atoms with Crippen LogP contribution >= 0.6 is 0 Å². The molecule has 0 fully saturated rings. The van der Waals surface area contributed by atoms with Crippen LogP contribution in [0.4, 0.5) is 22.7 Å². The standard InChI is InChI=1S/C23H18N4O2/c1-15-5-4-7-17(13-15)24-26-20-11-10-18(14-22(20)29)25-27-23-19-8-3-2-6-16(19)9-12-21(23)28/h2-14,28-29H,1H3. The fourth-order valence-corrected chi connectivity index (χ4v) is 2.92. The average molecular weight is 382 g/mol. The van der Waals surface area contributed by atoms with Gasteiger partial charge in [-0.05, 0) is 48.2 Å². The minimum absolute atomic E-state index is 0.0419. The predicted molar refractivity (Wildman–Crippen MR) is 113 cm³/mol. The van der Waals surface area contributed by atoms with E-state index in [2.05, 4.69) is 20.5 Å². The van der Waals surface area contributed by atoms with Gasteiger partial charge < -0.3 is 10.2 Å². The van der Waals surface area contributed by atoms with Gasteiger partial charge in [-0.1, -0.05) is 42.5 Å². The average Bonchev–Trinajstić information content (AvgIpc) is 2.72. The van der Waals surface area contributed by atoms with E-state index in [0.717, 1.165) is 16.3 Å². The highest BCUT2D eigenvalue weighted by Gasteiger charge is 2.07. The summed E-state index contributed by atoms with van der Waals surface area (Å²) in [5.41, 5.74) is 2.94. The zero-order chi connectivity index (χ0) is 20.2. The maximum atomic E-state index is 10.2. The molecule has 0 heterocycles. The number of fused-ring (bicyclic) bond motifs is 1. The lowest BCUT2D eigenvalue weighted by Gasteiger charge is -2.04. The van der Waals surface area contributed by atoms with Gasteiger partial charge >= 0.3 is 0 Å². The Balaban J connectivity index is 1.60. The van der Waals surface area contributed by atoms with Gasteiger partial charge in [-0.25, -0.2) is 0 Å². The number of nitrogens with zero attached hydrogens (tertiary/aromatic N) is 4. The molecule has 0 aliphatic rings. The smallest absolute Gasteiger partial charge is 0.145 e. The third-order valence-corrected chi connectivity index (χ3v) is 4.38. The molecule has 0 atom stereocenters. The highest BCUT2D eigenvalue weighted by atomic mass is 16.3. The highest BCUT2D eigenvalue weighted by Crippen LogP contribution is 2.37. The van der Waals surface area contributed by atoms with E-state index in [1.54, 1.807) is 18.2 Å². The summed E-state index contributed by atoms with van der Waals surface area (Å²) in [6.45, 7) is 1.98. The molecular weight excluding hydrogens is 364 g/mol. The molecule has 29 heavy (non-hydrogen) atoms. The second kappa shape index (κ2) is 7.90. The van der Waals surface area contributed by atoms with Crippen molar-refractivity contribution in [1.82, 2.24) is 0 Å². The maximum absolute atomic E-state index is 10.2. The van der Waals surface area contributed by atoms with Gasteiger partial charge in [0, 0.05) is 11.5 Å². The summed E-state index contributed by atoms with van der Waals surface area (Å²) in [7, 11) is 0. The first kappa shape index (κ1) is 18.3. The molecule has 4 aromatic rings. The van der Waals surface area contributed by atoms with Crippen molar-refractivity contribution in [3.8, 4) is 11.5 Å². The fourth-order valence-electron chi connectivity index (χ4n) is 2.92. The first-order valence-corrected chi connectivity index (χ1v) is 9.04. The van der Waals surface area contributed by atoms with Crippen molar-refractivity contribution in [3.05, 3.63) is 84.4 Å². The van der Waals surface area contributed by atoms with Crippen LogP contribution in [-0.4, -0.2) is 10.2 Å². The van der Waals surface area contributed by atoms with Crippen LogP contribution in [0.25, 0.3) is 10.8 Å². The lowest BCUT2D eigenvalue weighted by Crippen LogP contribution is -1.75. The third kappa shape index (κ3) is 4.11. The zero-order valence-electron chi connectivity index (χ0n) is 15.7. The first-order valence-electron chi connectivity index (χ1n) is 9.04. The predicted octanol–water partition coefficient (Wildman–Crippen LogP) is 7.39. The number of phenols is 2. The first-order chi connectivity index (χ1) is 14.1. The molecule has 2 N–H and O–H groups in total. The Morgan fingerprint density at radius 2 is 1.41 bits per heavy atom. The monoisotopic (exact) mass is 382 g/mol. The van der Waals surface area contributed by atoms with E-state index in [1.165, 1.54) is 6.07 Å². The number of rotatable bonds is 4. The number of hydrogen-bond donors (Lipinski definition) is 2. The summed E-state index contributed by atoms with van der Waals surface area (Å²) >= 11 is 0. The molecule has 0 aromatic heterocycles. The van der Waals surface area contributed by atoms with Crippen molar-refractivity contribution >= 4 is 33.5 Å². The van der Waals surface area contributed by atoms with Gasteiger partial charge in [0.2, 0.25) is 0 Å². The van der Waals surface area contributed by atoms with Gasteiger partial charge in [0.25, 0.3) is 0 Å². The molecule has 4 rings (SSSR count). The minimum Gasteiger partial charge on any atom is -0.506 e. The topological polar surface area (TPSA) is 89.9 Å². The second-order valence-electron chi connectivity index (χ2n) is 6.57. The molecule has 6 nitrogen and oxygen atoms in total. The van der Waals surface area contributed by atoms with Crippen molar-refractivity contribution in [2.45, 2.75) is 6.92 Å². The number of aromatic hydroxyl groups is 2. The number of hydrogen-bond acceptors (Lipinski definition) is 6. The van der Waals surface area contributed by atoms with Crippen LogP contribution < -0.4 is 0 Å². The molecule has 0 bridgehead atoms. The number of benzene rings is 4. The Bertz CT molecular complexity index is 1250. The molecule has 0 amide bonds. The molecule has 4 aromatic carbocycles. The summed E-state index contributed by atoms with van der Waals surface area (Å²) in [6.07, 6.45) is 0. The molecule has 0 saturated carbocycles. The Hall–Kier alpha value is -4.06. The Morgan fingerprint density at radius 3 is 2.24 bits per heavy atom. The summed E-state index contributed by atoms with van der Waals surface area (Å²) < 4.78 is 0. The zero-order valence-corrected chi connectivity index (χ0v) is 15.7. The number of azo groups is 2. The maximum Gasteiger partial charge on any atom is 0.145 e. The molecular formula is C23H18N4O2. The molecule has 142 valence electrons. The van der Waals surface area contributed by atoms with Crippen molar-refractivity contribution < 1.29 is 10.2 Å². The molecule has 0 saturated heterocycles. The van der Waals surface area contributed by atoms with Gasteiger partial charge in [-0.3, -0.25) is 0 Å². The lowest BCUT2D eigenvalue weighted by atomic mass is 10.1. The van der Waals surface area contributed by atoms with Crippen LogP contribution in [0.1, 0.15) is 5.56 Å². The summed E-state index contributed by atoms with van der Waals surface area (Å²) in [5, 5.41) is 38.7. The summed E-state index contributed by atoms with van der Waals surface area (Å²) in [4.78, 5) is 0. The molecule has 0 aliphatic carbocycles. The summed E-state index contributed by atoms with van der Waals surface area (Å²) in [5.74, 6) is -0.0137. The Kier molecular flexibility index (Phi) is 4.99. The van der Waals surface area contributed by atoms with Crippen molar-refractivity contribution in [1.29, 1.82) is 0 Å². The van der Waals surface area contributed by atoms with E-state index in [9.17, 15) is 10.2 Å². The van der Waals surface area contributed by atoms with E-state index >= 15 is 0 Å². The van der Waals surface area contributed by atoms with Gasteiger partial charge in [-0.2, -0.15) is 10.2 Å². The van der Waals surface area contributed by atoms with Gasteiger partial charge in [0.05, 0.1) is 11.4 Å². The second-order valence-corrected chi connectivity index (χ2v) is 6.57. The lowest BCUT2D eigenvalue weighted by molar-refractivity contribution is 0.476. The number of phenolic OH excluding ortho intramolecular Hbond substituents is 2. The highest BCUT2D eigenvalue weighted by molar-refractivity contribution is 5.95.